The van der Waals surface area contributed by atoms with Gasteiger partial charge in [0.05, 0.1) is 6.10 Å². The van der Waals surface area contributed by atoms with Gasteiger partial charge in [0.25, 0.3) is 0 Å². The second kappa shape index (κ2) is 3.97. The van der Waals surface area contributed by atoms with E-state index in [9.17, 15) is 0 Å². The van der Waals surface area contributed by atoms with E-state index in [1.54, 1.807) is 0 Å². The average molecular weight is 183 g/mol. The van der Waals surface area contributed by atoms with Crippen molar-refractivity contribution in [1.29, 1.82) is 0 Å². The predicted molar refractivity (Wildman–Crippen MR) is 53.8 cm³/mol. The van der Waals surface area contributed by atoms with Crippen molar-refractivity contribution in [3.8, 4) is 0 Å². The number of hydrogen-bond acceptors (Lipinski definition) is 2. The van der Waals surface area contributed by atoms with E-state index in [4.69, 9.17) is 4.74 Å². The molecule has 0 N–H and O–H groups in total. The van der Waals surface area contributed by atoms with Crippen LogP contribution in [0.25, 0.3) is 0 Å². The van der Waals surface area contributed by atoms with Crippen molar-refractivity contribution in [2.75, 3.05) is 19.7 Å². The summed E-state index contributed by atoms with van der Waals surface area (Å²) < 4.78 is 5.78. The molecule has 0 unspecified atom stereocenters. The summed E-state index contributed by atoms with van der Waals surface area (Å²) in [6.45, 7) is 8.10. The maximum Gasteiger partial charge on any atom is 0.0627 e. The van der Waals surface area contributed by atoms with Crippen LogP contribution in [0.1, 0.15) is 33.1 Å². The normalized spacial score (nSPS) is 36.2. The summed E-state index contributed by atoms with van der Waals surface area (Å²) in [6, 6.07) is 0.711. The number of ether oxygens (including phenoxy) is 1. The Bertz CT molecular complexity index is 169. The third kappa shape index (κ3) is 2.05. The first-order chi connectivity index (χ1) is 6.27. The van der Waals surface area contributed by atoms with Crippen molar-refractivity contribution in [2.45, 2.75) is 45.3 Å². The highest BCUT2D eigenvalue weighted by Gasteiger charge is 2.32. The molecule has 2 aliphatic rings. The highest BCUT2D eigenvalue weighted by molar-refractivity contribution is 4.84. The van der Waals surface area contributed by atoms with Gasteiger partial charge in [-0.05, 0) is 39.0 Å². The Balaban J connectivity index is 1.91. The lowest BCUT2D eigenvalue weighted by molar-refractivity contribution is -0.0710. The van der Waals surface area contributed by atoms with Crippen LogP contribution < -0.4 is 0 Å². The molecule has 2 fully saturated rings. The van der Waals surface area contributed by atoms with Crippen LogP contribution in [0.4, 0.5) is 0 Å². The molecule has 0 aromatic heterocycles. The number of nitrogens with zero attached hydrogens (tertiary/aromatic N) is 1. The van der Waals surface area contributed by atoms with Crippen LogP contribution in [-0.2, 0) is 4.74 Å². The topological polar surface area (TPSA) is 12.5 Å². The highest BCUT2D eigenvalue weighted by atomic mass is 16.5. The van der Waals surface area contributed by atoms with Crippen molar-refractivity contribution < 1.29 is 4.74 Å². The smallest absolute Gasteiger partial charge is 0.0627 e. The van der Waals surface area contributed by atoms with Crippen LogP contribution >= 0.6 is 0 Å². The first kappa shape index (κ1) is 9.47. The number of likely N-dealkylation sites (tertiary alicyclic amines) is 1. The molecular formula is C11H21NO. The van der Waals surface area contributed by atoms with Crippen molar-refractivity contribution in [3.63, 3.8) is 0 Å². The van der Waals surface area contributed by atoms with Crippen molar-refractivity contribution in [2.24, 2.45) is 5.92 Å². The molecule has 2 heteroatoms. The summed E-state index contributed by atoms with van der Waals surface area (Å²) in [7, 11) is 0. The van der Waals surface area contributed by atoms with Crippen molar-refractivity contribution in [1.82, 2.24) is 4.90 Å². The largest absolute Gasteiger partial charge is 0.378 e. The van der Waals surface area contributed by atoms with Crippen LogP contribution in [0.5, 0.6) is 0 Å². The van der Waals surface area contributed by atoms with Crippen LogP contribution in [0, 0.1) is 5.92 Å². The van der Waals surface area contributed by atoms with Gasteiger partial charge in [0.15, 0.2) is 0 Å². The van der Waals surface area contributed by atoms with Crippen LogP contribution in [-0.4, -0.2) is 36.7 Å². The quantitative estimate of drug-likeness (QED) is 0.615. The number of piperidine rings is 1. The molecule has 76 valence electrons. The molecule has 0 aromatic rings. The van der Waals surface area contributed by atoms with Gasteiger partial charge in [0.1, 0.15) is 0 Å². The van der Waals surface area contributed by atoms with E-state index in [-0.39, 0.29) is 0 Å². The summed E-state index contributed by atoms with van der Waals surface area (Å²) in [4.78, 5) is 2.59. The van der Waals surface area contributed by atoms with Gasteiger partial charge in [-0.2, -0.15) is 0 Å². The van der Waals surface area contributed by atoms with Gasteiger partial charge in [0, 0.05) is 25.7 Å². The highest BCUT2D eigenvalue weighted by Crippen LogP contribution is 2.28. The number of hydrogen-bond donors (Lipinski definition) is 0. The van der Waals surface area contributed by atoms with Gasteiger partial charge in [-0.25, -0.2) is 0 Å². The fourth-order valence-corrected chi connectivity index (χ4v) is 2.58. The maximum absolute atomic E-state index is 5.78. The van der Waals surface area contributed by atoms with Crippen LogP contribution in [0.15, 0.2) is 0 Å². The molecule has 0 saturated carbocycles. The fraction of sp³-hybridized carbons (Fsp3) is 1.00. The monoisotopic (exact) mass is 183 g/mol. The third-order valence-electron chi connectivity index (χ3n) is 3.48. The minimum atomic E-state index is 0.587. The summed E-state index contributed by atoms with van der Waals surface area (Å²) in [6.07, 6.45) is 4.49. The zero-order valence-corrected chi connectivity index (χ0v) is 8.83. The average Bonchev–Trinajstić information content (AvgIpc) is 2.17. The van der Waals surface area contributed by atoms with Crippen LogP contribution in [0.3, 0.4) is 0 Å². The van der Waals surface area contributed by atoms with E-state index >= 15 is 0 Å². The van der Waals surface area contributed by atoms with E-state index in [0.29, 0.717) is 12.1 Å². The SMILES string of the molecule is CC(C)N1CC[C@H]2OCCC[C@H]2C1. The lowest BCUT2D eigenvalue weighted by Gasteiger charge is -2.42. The minimum Gasteiger partial charge on any atom is -0.378 e. The van der Waals surface area contributed by atoms with Crippen molar-refractivity contribution >= 4 is 0 Å². The Morgan fingerprint density at radius 3 is 2.92 bits per heavy atom. The lowest BCUT2D eigenvalue weighted by Crippen LogP contribution is -2.48. The second-order valence-electron chi connectivity index (χ2n) is 4.69. The summed E-state index contributed by atoms with van der Waals surface area (Å²) in [5, 5.41) is 0. The molecule has 2 saturated heterocycles. The summed E-state index contributed by atoms with van der Waals surface area (Å²) >= 11 is 0. The van der Waals surface area contributed by atoms with Gasteiger partial charge >= 0.3 is 0 Å². The fourth-order valence-electron chi connectivity index (χ4n) is 2.58. The Kier molecular flexibility index (Phi) is 2.89. The van der Waals surface area contributed by atoms with E-state index < -0.39 is 0 Å². The summed E-state index contributed by atoms with van der Waals surface area (Å²) in [5.41, 5.74) is 0. The molecule has 0 spiro atoms. The molecule has 13 heavy (non-hydrogen) atoms. The van der Waals surface area contributed by atoms with Gasteiger partial charge in [0.2, 0.25) is 0 Å². The standard InChI is InChI=1S/C11H21NO/c1-9(2)12-6-5-11-10(8-12)4-3-7-13-11/h9-11H,3-8H2,1-2H3/t10-,11+/m0/s1. The van der Waals surface area contributed by atoms with E-state index in [1.165, 1.54) is 32.4 Å². The zero-order chi connectivity index (χ0) is 9.26. The first-order valence-electron chi connectivity index (χ1n) is 5.63. The lowest BCUT2D eigenvalue weighted by atomic mass is 9.88. The van der Waals surface area contributed by atoms with Gasteiger partial charge in [-0.15, -0.1) is 0 Å². The second-order valence-corrected chi connectivity index (χ2v) is 4.69. The van der Waals surface area contributed by atoms with E-state index in [0.717, 1.165) is 12.5 Å². The molecule has 2 heterocycles. The van der Waals surface area contributed by atoms with E-state index in [2.05, 4.69) is 18.7 Å². The summed E-state index contributed by atoms with van der Waals surface area (Å²) in [5.74, 6) is 0.824. The van der Waals surface area contributed by atoms with Gasteiger partial charge in [-0.1, -0.05) is 0 Å². The number of fused-ring (bicyclic) bond motifs is 1. The van der Waals surface area contributed by atoms with Gasteiger partial charge < -0.3 is 9.64 Å². The minimum absolute atomic E-state index is 0.587. The molecule has 0 bridgehead atoms. The molecule has 0 amide bonds. The Morgan fingerprint density at radius 2 is 2.15 bits per heavy atom. The molecule has 2 atom stereocenters. The Hall–Kier alpha value is -0.0800. The van der Waals surface area contributed by atoms with Gasteiger partial charge in [-0.3, -0.25) is 0 Å². The molecule has 0 aromatic carbocycles. The van der Waals surface area contributed by atoms with Crippen molar-refractivity contribution in [3.05, 3.63) is 0 Å². The molecule has 2 rings (SSSR count). The molecule has 2 nitrogen and oxygen atoms in total. The third-order valence-corrected chi connectivity index (χ3v) is 3.48. The first-order valence-corrected chi connectivity index (χ1v) is 5.63. The zero-order valence-electron chi connectivity index (χ0n) is 8.83. The van der Waals surface area contributed by atoms with Crippen LogP contribution in [0.2, 0.25) is 0 Å². The molecule has 2 aliphatic heterocycles. The molecule has 0 aliphatic carbocycles. The Morgan fingerprint density at radius 1 is 1.31 bits per heavy atom. The maximum atomic E-state index is 5.78. The molecular weight excluding hydrogens is 162 g/mol. The van der Waals surface area contributed by atoms with E-state index in [1.807, 2.05) is 0 Å². The number of rotatable bonds is 1. The molecule has 0 radical (unpaired) electrons. The predicted octanol–water partition coefficient (Wildman–Crippen LogP) is 1.90. The Labute approximate surface area is 81.3 Å².